The summed E-state index contributed by atoms with van der Waals surface area (Å²) >= 11 is 0. The van der Waals surface area contributed by atoms with Crippen LogP contribution >= 0.6 is 0 Å². The first kappa shape index (κ1) is 13.8. The quantitative estimate of drug-likeness (QED) is 0.545. The molecule has 0 unspecified atom stereocenters. The molecule has 6 heteroatoms. The smallest absolute Gasteiger partial charge is 0.314 e. The molecule has 17 heavy (non-hydrogen) atoms. The van der Waals surface area contributed by atoms with Gasteiger partial charge < -0.3 is 20.5 Å². The summed E-state index contributed by atoms with van der Waals surface area (Å²) in [6, 6.07) is -0.311. The molecular weight excluding hydrogens is 224 g/mol. The van der Waals surface area contributed by atoms with Crippen molar-refractivity contribution in [2.75, 3.05) is 26.3 Å². The van der Waals surface area contributed by atoms with E-state index in [4.69, 9.17) is 9.84 Å². The van der Waals surface area contributed by atoms with Gasteiger partial charge in [0.25, 0.3) is 0 Å². The minimum Gasteiger partial charge on any atom is -0.481 e. The van der Waals surface area contributed by atoms with E-state index in [1.54, 1.807) is 0 Å². The number of hydrogen-bond acceptors (Lipinski definition) is 3. The molecule has 0 atom stereocenters. The van der Waals surface area contributed by atoms with Crippen LogP contribution in [0.15, 0.2) is 0 Å². The predicted octanol–water partition coefficient (Wildman–Crippen LogP) is 0.577. The van der Waals surface area contributed by atoms with Crippen LogP contribution in [0.2, 0.25) is 0 Å². The molecular formula is C11H20N2O4. The summed E-state index contributed by atoms with van der Waals surface area (Å²) in [7, 11) is 0. The molecule has 1 aliphatic rings. The second-order valence-electron chi connectivity index (χ2n) is 4.25. The highest BCUT2D eigenvalue weighted by atomic mass is 16.5. The fourth-order valence-corrected chi connectivity index (χ4v) is 1.45. The molecule has 1 aliphatic carbocycles. The number of amides is 2. The van der Waals surface area contributed by atoms with Gasteiger partial charge in [-0.1, -0.05) is 0 Å². The molecule has 1 saturated carbocycles. The van der Waals surface area contributed by atoms with Crippen LogP contribution in [0.4, 0.5) is 4.79 Å². The molecule has 1 rings (SSSR count). The maximum Gasteiger partial charge on any atom is 0.314 e. The van der Waals surface area contributed by atoms with Gasteiger partial charge in [0.05, 0.1) is 5.41 Å². The topological polar surface area (TPSA) is 87.7 Å². The van der Waals surface area contributed by atoms with Gasteiger partial charge in [0.15, 0.2) is 0 Å². The number of carbonyl (C=O) groups excluding carboxylic acids is 1. The van der Waals surface area contributed by atoms with Gasteiger partial charge in [-0.15, -0.1) is 0 Å². The highest BCUT2D eigenvalue weighted by molar-refractivity contribution is 5.80. The van der Waals surface area contributed by atoms with Crippen LogP contribution < -0.4 is 10.6 Å². The minimum absolute atomic E-state index is 0.208. The first-order chi connectivity index (χ1) is 8.10. The van der Waals surface area contributed by atoms with E-state index in [0.717, 1.165) is 6.42 Å². The number of carboxylic acids is 1. The van der Waals surface area contributed by atoms with Gasteiger partial charge in [0.2, 0.25) is 0 Å². The standard InChI is InChI=1S/C11H20N2O4/c1-2-17-7-3-6-12-10(16)13-8-11(4-5-11)9(14)15/h2-8H2,1H3,(H,14,15)(H2,12,13,16). The van der Waals surface area contributed by atoms with Gasteiger partial charge in [-0.25, -0.2) is 4.79 Å². The fourth-order valence-electron chi connectivity index (χ4n) is 1.45. The number of carboxylic acid groups (broad SMARTS) is 1. The van der Waals surface area contributed by atoms with E-state index in [1.807, 2.05) is 6.92 Å². The van der Waals surface area contributed by atoms with Gasteiger partial charge in [-0.2, -0.15) is 0 Å². The molecule has 0 heterocycles. The van der Waals surface area contributed by atoms with Crippen molar-refractivity contribution < 1.29 is 19.4 Å². The normalized spacial score (nSPS) is 16.3. The van der Waals surface area contributed by atoms with Crippen molar-refractivity contribution >= 4 is 12.0 Å². The van der Waals surface area contributed by atoms with Crippen molar-refractivity contribution in [1.82, 2.24) is 10.6 Å². The summed E-state index contributed by atoms with van der Waals surface area (Å²) in [6.45, 7) is 3.95. The van der Waals surface area contributed by atoms with Crippen molar-refractivity contribution in [3.8, 4) is 0 Å². The molecule has 2 amide bonds. The molecule has 0 aromatic heterocycles. The van der Waals surface area contributed by atoms with E-state index < -0.39 is 11.4 Å². The second-order valence-corrected chi connectivity index (χ2v) is 4.25. The Kier molecular flexibility index (Phi) is 5.21. The molecule has 0 radical (unpaired) electrons. The second kappa shape index (κ2) is 6.44. The number of ether oxygens (including phenoxy) is 1. The van der Waals surface area contributed by atoms with Crippen LogP contribution in [-0.2, 0) is 9.53 Å². The van der Waals surface area contributed by atoms with Gasteiger partial charge in [-0.05, 0) is 26.2 Å². The molecule has 0 bridgehead atoms. The Morgan fingerprint density at radius 1 is 1.35 bits per heavy atom. The monoisotopic (exact) mass is 244 g/mol. The number of aliphatic carboxylic acids is 1. The van der Waals surface area contributed by atoms with Crippen LogP contribution in [0, 0.1) is 5.41 Å². The summed E-state index contributed by atoms with van der Waals surface area (Å²) in [6.07, 6.45) is 2.05. The molecule has 6 nitrogen and oxygen atoms in total. The van der Waals surface area contributed by atoms with Gasteiger partial charge >= 0.3 is 12.0 Å². The predicted molar refractivity (Wildman–Crippen MR) is 61.8 cm³/mol. The van der Waals surface area contributed by atoms with Crippen molar-refractivity contribution in [3.05, 3.63) is 0 Å². The molecule has 0 spiro atoms. The summed E-state index contributed by atoms with van der Waals surface area (Å²) in [5, 5.41) is 14.1. The third kappa shape index (κ3) is 4.60. The van der Waals surface area contributed by atoms with Crippen LogP contribution in [0.3, 0.4) is 0 Å². The van der Waals surface area contributed by atoms with E-state index in [9.17, 15) is 9.59 Å². The Hall–Kier alpha value is -1.30. The van der Waals surface area contributed by atoms with Gasteiger partial charge in [-0.3, -0.25) is 4.79 Å². The summed E-state index contributed by atoms with van der Waals surface area (Å²) in [5.74, 6) is -0.825. The first-order valence-corrected chi connectivity index (χ1v) is 5.93. The highest BCUT2D eigenvalue weighted by Gasteiger charge is 2.50. The Morgan fingerprint density at radius 2 is 2.06 bits per heavy atom. The van der Waals surface area contributed by atoms with Crippen molar-refractivity contribution in [1.29, 1.82) is 0 Å². The summed E-state index contributed by atoms with van der Waals surface area (Å²) < 4.78 is 5.12. The molecule has 0 aromatic carbocycles. The average molecular weight is 244 g/mol. The Bertz CT molecular complexity index is 277. The number of hydrogen-bond donors (Lipinski definition) is 3. The van der Waals surface area contributed by atoms with Gasteiger partial charge in [0.1, 0.15) is 0 Å². The zero-order valence-corrected chi connectivity index (χ0v) is 10.1. The number of nitrogens with one attached hydrogen (secondary N) is 2. The molecule has 0 aromatic rings. The van der Waals surface area contributed by atoms with Crippen molar-refractivity contribution in [3.63, 3.8) is 0 Å². The van der Waals surface area contributed by atoms with Gasteiger partial charge in [0, 0.05) is 26.3 Å². The molecule has 1 fully saturated rings. The maximum absolute atomic E-state index is 11.3. The van der Waals surface area contributed by atoms with E-state index in [1.165, 1.54) is 0 Å². The third-order valence-electron chi connectivity index (χ3n) is 2.85. The van der Waals surface area contributed by atoms with E-state index in [-0.39, 0.29) is 12.6 Å². The number of rotatable bonds is 8. The van der Waals surface area contributed by atoms with Crippen LogP contribution in [0.5, 0.6) is 0 Å². The van der Waals surface area contributed by atoms with E-state index in [2.05, 4.69) is 10.6 Å². The lowest BCUT2D eigenvalue weighted by Gasteiger charge is -2.11. The SMILES string of the molecule is CCOCCCNC(=O)NCC1(C(=O)O)CC1. The largest absolute Gasteiger partial charge is 0.481 e. The number of carbonyl (C=O) groups is 2. The minimum atomic E-state index is -0.825. The summed E-state index contributed by atoms with van der Waals surface area (Å²) in [4.78, 5) is 22.2. The molecule has 0 saturated heterocycles. The molecule has 3 N–H and O–H groups in total. The van der Waals surface area contributed by atoms with Crippen LogP contribution in [-0.4, -0.2) is 43.4 Å². The van der Waals surface area contributed by atoms with Crippen LogP contribution in [0.1, 0.15) is 26.2 Å². The highest BCUT2D eigenvalue weighted by Crippen LogP contribution is 2.45. The molecule has 0 aliphatic heterocycles. The number of urea groups is 1. The fraction of sp³-hybridized carbons (Fsp3) is 0.818. The average Bonchev–Trinajstić information content (AvgIpc) is 3.07. The lowest BCUT2D eigenvalue weighted by molar-refractivity contribution is -0.143. The Morgan fingerprint density at radius 3 is 2.59 bits per heavy atom. The zero-order valence-electron chi connectivity index (χ0n) is 10.1. The summed E-state index contributed by atoms with van der Waals surface area (Å²) in [5.41, 5.74) is -0.706. The first-order valence-electron chi connectivity index (χ1n) is 5.93. The molecule has 98 valence electrons. The maximum atomic E-state index is 11.3. The van der Waals surface area contributed by atoms with Crippen LogP contribution in [0.25, 0.3) is 0 Å². The zero-order chi connectivity index (χ0) is 12.7. The third-order valence-corrected chi connectivity index (χ3v) is 2.85. The lowest BCUT2D eigenvalue weighted by atomic mass is 10.1. The van der Waals surface area contributed by atoms with E-state index in [0.29, 0.717) is 32.6 Å². The van der Waals surface area contributed by atoms with Crippen molar-refractivity contribution in [2.45, 2.75) is 26.2 Å². The van der Waals surface area contributed by atoms with E-state index >= 15 is 0 Å². The Balaban J connectivity index is 2.04. The lowest BCUT2D eigenvalue weighted by Crippen LogP contribution is -2.41. The van der Waals surface area contributed by atoms with Crippen molar-refractivity contribution in [2.24, 2.45) is 5.41 Å². The Labute approximate surface area is 101 Å².